The van der Waals surface area contributed by atoms with Gasteiger partial charge in [0.25, 0.3) is 0 Å². The highest BCUT2D eigenvalue weighted by molar-refractivity contribution is 6.23. The lowest BCUT2D eigenvalue weighted by Gasteiger charge is -2.14. The minimum Gasteiger partial charge on any atom is -0.456 e. The van der Waals surface area contributed by atoms with Gasteiger partial charge in [0.2, 0.25) is 0 Å². The minimum atomic E-state index is 0.651. The number of fused-ring (bicyclic) bond motifs is 6. The van der Waals surface area contributed by atoms with Crippen LogP contribution in [0.4, 0.5) is 0 Å². The van der Waals surface area contributed by atoms with Crippen LogP contribution >= 0.6 is 0 Å². The van der Waals surface area contributed by atoms with Crippen molar-refractivity contribution < 1.29 is 8.83 Å². The van der Waals surface area contributed by atoms with Crippen molar-refractivity contribution in [3.8, 4) is 33.6 Å². The van der Waals surface area contributed by atoms with Gasteiger partial charge >= 0.3 is 0 Å². The summed E-state index contributed by atoms with van der Waals surface area (Å²) in [4.78, 5) is 10.7. The van der Waals surface area contributed by atoms with E-state index in [1.807, 2.05) is 24.3 Å². The Labute approximate surface area is 292 Å². The summed E-state index contributed by atoms with van der Waals surface area (Å²) < 4.78 is 12.9. The second-order valence-corrected chi connectivity index (χ2v) is 13.2. The molecule has 7 aromatic carbocycles. The molecule has 4 heteroatoms. The van der Waals surface area contributed by atoms with Gasteiger partial charge in [0.15, 0.2) is 5.82 Å². The highest BCUT2D eigenvalue weighted by Crippen LogP contribution is 2.39. The van der Waals surface area contributed by atoms with E-state index in [1.54, 1.807) is 0 Å². The minimum absolute atomic E-state index is 0.651. The lowest BCUT2D eigenvalue weighted by Crippen LogP contribution is -2.13. The topological polar surface area (TPSA) is 52.1 Å². The fraction of sp³-hybridized carbons (Fsp3) is 0.0213. The Morgan fingerprint density at radius 2 is 1.12 bits per heavy atom. The number of benzene rings is 7. The van der Waals surface area contributed by atoms with Gasteiger partial charge in [0, 0.05) is 43.5 Å². The lowest BCUT2D eigenvalue weighted by molar-refractivity contribution is 0.608. The average molecular weight is 653 g/mol. The Morgan fingerprint density at radius 1 is 0.431 bits per heavy atom. The molecule has 0 saturated heterocycles. The number of furan rings is 2. The molecule has 3 heterocycles. The van der Waals surface area contributed by atoms with Crippen molar-refractivity contribution in [3.05, 3.63) is 168 Å². The Kier molecular flexibility index (Phi) is 5.98. The molecule has 3 aromatic heterocycles. The molecule has 10 aromatic rings. The first-order valence-electron chi connectivity index (χ1n) is 17.3. The molecule has 0 amide bonds. The lowest BCUT2D eigenvalue weighted by atomic mass is 9.91. The molecule has 0 aliphatic heterocycles. The van der Waals surface area contributed by atoms with E-state index in [9.17, 15) is 0 Å². The van der Waals surface area contributed by atoms with E-state index < -0.39 is 0 Å². The molecule has 0 saturated carbocycles. The Balaban J connectivity index is 1.25. The zero-order valence-corrected chi connectivity index (χ0v) is 27.4. The van der Waals surface area contributed by atoms with Gasteiger partial charge in [-0.3, -0.25) is 0 Å². The molecule has 1 aliphatic carbocycles. The monoisotopic (exact) mass is 652 g/mol. The number of rotatable bonds is 4. The van der Waals surface area contributed by atoms with Crippen LogP contribution in [0.2, 0.25) is 0 Å². The normalized spacial score (nSPS) is 12.9. The molecule has 0 N–H and O–H groups in total. The zero-order chi connectivity index (χ0) is 33.5. The Bertz CT molecular complexity index is 3100. The first-order valence-corrected chi connectivity index (χ1v) is 17.3. The summed E-state index contributed by atoms with van der Waals surface area (Å²) in [6.45, 7) is 0. The van der Waals surface area contributed by atoms with Crippen LogP contribution < -0.4 is 5.22 Å². The average Bonchev–Trinajstić information content (AvgIpc) is 3.69. The van der Waals surface area contributed by atoms with Gasteiger partial charge < -0.3 is 8.83 Å². The summed E-state index contributed by atoms with van der Waals surface area (Å²) in [6.07, 6.45) is 4.96. The van der Waals surface area contributed by atoms with Crippen molar-refractivity contribution in [2.45, 2.75) is 6.42 Å². The van der Waals surface area contributed by atoms with E-state index >= 15 is 0 Å². The van der Waals surface area contributed by atoms with E-state index in [2.05, 4.69) is 133 Å². The van der Waals surface area contributed by atoms with Gasteiger partial charge in [-0.15, -0.1) is 0 Å². The summed E-state index contributed by atoms with van der Waals surface area (Å²) >= 11 is 0. The van der Waals surface area contributed by atoms with Crippen molar-refractivity contribution in [2.24, 2.45) is 0 Å². The summed E-state index contributed by atoms with van der Waals surface area (Å²) in [7, 11) is 0. The second kappa shape index (κ2) is 10.9. The first-order chi connectivity index (χ1) is 25.3. The maximum Gasteiger partial charge on any atom is 0.157 e. The third kappa shape index (κ3) is 4.33. The van der Waals surface area contributed by atoms with Gasteiger partial charge in [-0.2, -0.15) is 0 Å². The van der Waals surface area contributed by atoms with Crippen LogP contribution in [0.5, 0.6) is 0 Å². The summed E-state index contributed by atoms with van der Waals surface area (Å²) in [5, 5.41) is 9.11. The van der Waals surface area contributed by atoms with Gasteiger partial charge in [0.05, 0.1) is 11.4 Å². The van der Waals surface area contributed by atoms with Gasteiger partial charge in [-0.05, 0) is 76.2 Å². The fourth-order valence-corrected chi connectivity index (χ4v) is 7.96. The molecule has 51 heavy (non-hydrogen) atoms. The zero-order valence-electron chi connectivity index (χ0n) is 27.4. The Hall–Kier alpha value is -6.78. The predicted molar refractivity (Wildman–Crippen MR) is 208 cm³/mol. The van der Waals surface area contributed by atoms with Crippen LogP contribution in [0.15, 0.2) is 161 Å². The summed E-state index contributed by atoms with van der Waals surface area (Å²) in [5.41, 5.74) is 9.74. The van der Waals surface area contributed by atoms with Crippen molar-refractivity contribution in [1.82, 2.24) is 9.97 Å². The molecule has 0 atom stereocenters. The van der Waals surface area contributed by atoms with Crippen molar-refractivity contribution in [1.29, 1.82) is 0 Å². The molecule has 0 spiro atoms. The highest BCUT2D eigenvalue weighted by Gasteiger charge is 2.23. The van der Waals surface area contributed by atoms with Crippen LogP contribution in [0.1, 0.15) is 18.0 Å². The van der Waals surface area contributed by atoms with E-state index in [0.29, 0.717) is 12.2 Å². The largest absolute Gasteiger partial charge is 0.456 e. The number of nitrogens with zero attached hydrogens (tertiary/aromatic N) is 2. The van der Waals surface area contributed by atoms with Crippen molar-refractivity contribution >= 4 is 66.1 Å². The maximum atomic E-state index is 6.57. The van der Waals surface area contributed by atoms with Gasteiger partial charge in [-0.25, -0.2) is 9.97 Å². The molecule has 0 fully saturated rings. The Morgan fingerprint density at radius 3 is 1.98 bits per heavy atom. The SMILES string of the molecule is C1=Cc2oc3cccc4c5ccc(-c6ccccc6)cc5c(c2c34)=C(c2nc(-c3ccccc3)cc(-c3ccc4c(c3)oc3ccccc34)n2)C1. The smallest absolute Gasteiger partial charge is 0.157 e. The van der Waals surface area contributed by atoms with E-state index in [-0.39, 0.29) is 0 Å². The summed E-state index contributed by atoms with van der Waals surface area (Å²) in [5.74, 6) is 1.57. The first kappa shape index (κ1) is 28.1. The fourth-order valence-electron chi connectivity index (χ4n) is 7.96. The number of para-hydroxylation sites is 1. The van der Waals surface area contributed by atoms with Crippen LogP contribution in [-0.4, -0.2) is 9.97 Å². The highest BCUT2D eigenvalue weighted by atomic mass is 16.3. The number of hydrogen-bond donors (Lipinski definition) is 0. The second-order valence-electron chi connectivity index (χ2n) is 13.2. The van der Waals surface area contributed by atoms with Crippen molar-refractivity contribution in [3.63, 3.8) is 0 Å². The molecule has 1 aliphatic rings. The molecule has 11 rings (SSSR count). The van der Waals surface area contributed by atoms with Crippen molar-refractivity contribution in [2.75, 3.05) is 0 Å². The molecule has 0 bridgehead atoms. The molecule has 0 unspecified atom stereocenters. The molecule has 238 valence electrons. The van der Waals surface area contributed by atoms with Crippen LogP contribution in [0, 0.1) is 0 Å². The van der Waals surface area contributed by atoms with Gasteiger partial charge in [0.1, 0.15) is 22.5 Å². The third-order valence-electron chi connectivity index (χ3n) is 10.3. The number of aromatic nitrogens is 2. The summed E-state index contributed by atoms with van der Waals surface area (Å²) in [6, 6.07) is 50.8. The molecule has 0 radical (unpaired) electrons. The molecular weight excluding hydrogens is 625 g/mol. The standard InChI is InChI=1S/C47H28N2O2/c1-3-11-28(12-4-1)30-21-23-32-35-16-9-19-41-45(35)46-42(51-41)20-10-17-36(44(46)37(32)25-30)47-48-38(29-13-5-2-6-14-29)27-39(49-47)31-22-24-34-33-15-7-8-18-40(33)50-43(34)26-31/h1-16,18-27H,17H2. The molecular formula is C47H28N2O2. The van der Waals surface area contributed by atoms with E-state index in [4.69, 9.17) is 18.8 Å². The van der Waals surface area contributed by atoms with E-state index in [1.165, 1.54) is 16.3 Å². The van der Waals surface area contributed by atoms with Crippen LogP contribution in [-0.2, 0) is 0 Å². The van der Waals surface area contributed by atoms with Crippen LogP contribution in [0.25, 0.3) is 99.7 Å². The van der Waals surface area contributed by atoms with Crippen LogP contribution in [0.3, 0.4) is 0 Å². The number of allylic oxidation sites excluding steroid dienone is 1. The predicted octanol–water partition coefficient (Wildman–Crippen LogP) is 11.8. The number of hydrogen-bond acceptors (Lipinski definition) is 4. The quantitative estimate of drug-likeness (QED) is 0.178. The van der Waals surface area contributed by atoms with E-state index in [0.717, 1.165) is 88.3 Å². The molecule has 4 nitrogen and oxygen atoms in total. The third-order valence-corrected chi connectivity index (χ3v) is 10.3. The van der Waals surface area contributed by atoms with Gasteiger partial charge in [-0.1, -0.05) is 115 Å². The maximum absolute atomic E-state index is 6.57.